The van der Waals surface area contributed by atoms with Gasteiger partial charge in [0.25, 0.3) is 11.8 Å². The van der Waals surface area contributed by atoms with Crippen molar-refractivity contribution in [3.05, 3.63) is 110 Å². The fourth-order valence-electron chi connectivity index (χ4n) is 3.61. The molecule has 3 aromatic carbocycles. The standard InChI is InChI=1S/C28H22BrClN2O4S2/c1-3-4-20-13-18(14-23(35-2)25(20)36-16-17-5-9-21(29)10-6-17)15-24-27(34)32(28(37)38-24)31-26(33)19-7-11-22(30)12-8-19/h3,5-15H,1,4,16H2,2H3,(H,31,33)/b24-15-. The lowest BCUT2D eigenvalue weighted by molar-refractivity contribution is -0.123. The van der Waals surface area contributed by atoms with Gasteiger partial charge in [0, 0.05) is 20.6 Å². The first-order chi connectivity index (χ1) is 18.3. The minimum atomic E-state index is -0.471. The second-order valence-electron chi connectivity index (χ2n) is 8.08. The number of hydrogen-bond acceptors (Lipinski definition) is 6. The van der Waals surface area contributed by atoms with Crippen molar-refractivity contribution in [2.75, 3.05) is 7.11 Å². The van der Waals surface area contributed by atoms with Crippen LogP contribution in [0.5, 0.6) is 11.5 Å². The molecule has 1 fully saturated rings. The first-order valence-electron chi connectivity index (χ1n) is 11.3. The third kappa shape index (κ3) is 6.66. The Labute approximate surface area is 243 Å². The van der Waals surface area contributed by atoms with E-state index in [2.05, 4.69) is 27.9 Å². The maximum Gasteiger partial charge on any atom is 0.285 e. The molecule has 2 amide bonds. The number of rotatable bonds is 9. The molecular formula is C28H22BrClN2O4S2. The van der Waals surface area contributed by atoms with E-state index in [4.69, 9.17) is 33.3 Å². The summed E-state index contributed by atoms with van der Waals surface area (Å²) >= 11 is 15.8. The average molecular weight is 630 g/mol. The Balaban J connectivity index is 1.56. The number of thioether (sulfide) groups is 1. The Morgan fingerprint density at radius 3 is 2.55 bits per heavy atom. The van der Waals surface area contributed by atoms with E-state index in [1.807, 2.05) is 30.3 Å². The van der Waals surface area contributed by atoms with Crippen molar-refractivity contribution in [3.8, 4) is 11.5 Å². The summed E-state index contributed by atoms with van der Waals surface area (Å²) in [7, 11) is 1.56. The summed E-state index contributed by atoms with van der Waals surface area (Å²) in [6.45, 7) is 4.22. The Morgan fingerprint density at radius 2 is 1.89 bits per heavy atom. The number of allylic oxidation sites excluding steroid dienone is 1. The Morgan fingerprint density at radius 1 is 1.18 bits per heavy atom. The summed E-state index contributed by atoms with van der Waals surface area (Å²) in [5, 5.41) is 1.58. The monoisotopic (exact) mass is 628 g/mol. The Kier molecular flexibility index (Phi) is 9.27. The van der Waals surface area contributed by atoms with Crippen LogP contribution in [-0.4, -0.2) is 28.3 Å². The third-order valence-corrected chi connectivity index (χ3v) is 7.53. The molecule has 0 unspecified atom stereocenters. The number of methoxy groups -OCH3 is 1. The van der Waals surface area contributed by atoms with Crippen molar-refractivity contribution in [2.45, 2.75) is 13.0 Å². The molecule has 0 aliphatic carbocycles. The molecule has 0 aromatic heterocycles. The van der Waals surface area contributed by atoms with Crippen LogP contribution in [0.15, 0.2) is 82.7 Å². The lowest BCUT2D eigenvalue weighted by Gasteiger charge is -2.16. The second kappa shape index (κ2) is 12.6. The molecular weight excluding hydrogens is 608 g/mol. The van der Waals surface area contributed by atoms with Crippen LogP contribution in [0.4, 0.5) is 0 Å². The van der Waals surface area contributed by atoms with Crippen LogP contribution in [0.25, 0.3) is 6.08 Å². The van der Waals surface area contributed by atoms with E-state index in [0.29, 0.717) is 40.0 Å². The normalized spacial score (nSPS) is 14.1. The maximum atomic E-state index is 13.1. The van der Waals surface area contributed by atoms with Gasteiger partial charge in [-0.2, -0.15) is 5.01 Å². The topological polar surface area (TPSA) is 67.9 Å². The number of benzene rings is 3. The molecule has 0 saturated carbocycles. The van der Waals surface area contributed by atoms with E-state index in [1.54, 1.807) is 49.6 Å². The molecule has 1 N–H and O–H groups in total. The smallest absolute Gasteiger partial charge is 0.285 e. The van der Waals surface area contributed by atoms with Gasteiger partial charge in [-0.15, -0.1) is 6.58 Å². The van der Waals surface area contributed by atoms with E-state index in [9.17, 15) is 9.59 Å². The number of amides is 2. The van der Waals surface area contributed by atoms with Gasteiger partial charge in [0.15, 0.2) is 15.8 Å². The van der Waals surface area contributed by atoms with E-state index in [0.717, 1.165) is 37.9 Å². The lowest BCUT2D eigenvalue weighted by atomic mass is 10.0. The molecule has 194 valence electrons. The highest BCUT2D eigenvalue weighted by Gasteiger charge is 2.34. The van der Waals surface area contributed by atoms with Crippen LogP contribution in [0.3, 0.4) is 0 Å². The zero-order valence-electron chi connectivity index (χ0n) is 20.2. The second-order valence-corrected chi connectivity index (χ2v) is 11.1. The fourth-order valence-corrected chi connectivity index (χ4v) is 5.18. The molecule has 1 aliphatic rings. The largest absolute Gasteiger partial charge is 0.493 e. The summed E-state index contributed by atoms with van der Waals surface area (Å²) in [6, 6.07) is 17.9. The van der Waals surface area contributed by atoms with Crippen molar-refractivity contribution >= 4 is 73.7 Å². The van der Waals surface area contributed by atoms with Crippen molar-refractivity contribution in [1.29, 1.82) is 0 Å². The number of nitrogens with zero attached hydrogens (tertiary/aromatic N) is 1. The van der Waals surface area contributed by atoms with Gasteiger partial charge in [0.2, 0.25) is 0 Å². The molecule has 0 bridgehead atoms. The number of ether oxygens (including phenoxy) is 2. The molecule has 1 aliphatic heterocycles. The first kappa shape index (κ1) is 27.9. The summed E-state index contributed by atoms with van der Waals surface area (Å²) in [6.07, 6.45) is 4.02. The molecule has 0 spiro atoms. The highest BCUT2D eigenvalue weighted by molar-refractivity contribution is 9.10. The Bertz CT molecular complexity index is 1430. The number of halogens is 2. The number of carbonyl (C=O) groups is 2. The van der Waals surface area contributed by atoms with Crippen LogP contribution in [0.2, 0.25) is 5.02 Å². The van der Waals surface area contributed by atoms with E-state index in [-0.39, 0.29) is 4.32 Å². The van der Waals surface area contributed by atoms with Crippen LogP contribution >= 0.6 is 51.5 Å². The van der Waals surface area contributed by atoms with E-state index < -0.39 is 11.8 Å². The number of hydrazine groups is 1. The van der Waals surface area contributed by atoms with Crippen molar-refractivity contribution < 1.29 is 19.1 Å². The fraction of sp³-hybridized carbons (Fsp3) is 0.107. The number of thiocarbonyl (C=S) groups is 1. The van der Waals surface area contributed by atoms with Gasteiger partial charge in [-0.3, -0.25) is 15.0 Å². The predicted octanol–water partition coefficient (Wildman–Crippen LogP) is 6.96. The molecule has 1 saturated heterocycles. The molecule has 6 nitrogen and oxygen atoms in total. The van der Waals surface area contributed by atoms with Gasteiger partial charge >= 0.3 is 0 Å². The number of hydrogen-bond donors (Lipinski definition) is 1. The minimum absolute atomic E-state index is 0.219. The molecule has 3 aromatic rings. The lowest BCUT2D eigenvalue weighted by Crippen LogP contribution is -2.44. The van der Waals surface area contributed by atoms with E-state index in [1.165, 1.54) is 0 Å². The summed E-state index contributed by atoms with van der Waals surface area (Å²) in [4.78, 5) is 26.1. The SMILES string of the molecule is C=CCc1cc(/C=C2\SC(=S)N(NC(=O)c3ccc(Cl)cc3)C2=O)cc(OC)c1OCc1ccc(Br)cc1. The van der Waals surface area contributed by atoms with Crippen LogP contribution in [-0.2, 0) is 17.8 Å². The average Bonchev–Trinajstić information content (AvgIpc) is 3.16. The van der Waals surface area contributed by atoms with Crippen molar-refractivity contribution in [1.82, 2.24) is 10.4 Å². The minimum Gasteiger partial charge on any atom is -0.493 e. The quantitative estimate of drug-likeness (QED) is 0.157. The molecule has 38 heavy (non-hydrogen) atoms. The molecule has 0 radical (unpaired) electrons. The summed E-state index contributed by atoms with van der Waals surface area (Å²) in [5.74, 6) is 0.234. The van der Waals surface area contributed by atoms with Gasteiger partial charge in [-0.25, -0.2) is 0 Å². The number of carbonyl (C=O) groups excluding carboxylic acids is 2. The highest BCUT2D eigenvalue weighted by Crippen LogP contribution is 2.37. The van der Waals surface area contributed by atoms with Crippen molar-refractivity contribution in [3.63, 3.8) is 0 Å². The maximum absolute atomic E-state index is 13.1. The van der Waals surface area contributed by atoms with Gasteiger partial charge in [-0.05, 0) is 84.4 Å². The van der Waals surface area contributed by atoms with Gasteiger partial charge < -0.3 is 9.47 Å². The van der Waals surface area contributed by atoms with Gasteiger partial charge in [0.1, 0.15) is 6.61 Å². The van der Waals surface area contributed by atoms with Crippen molar-refractivity contribution in [2.24, 2.45) is 0 Å². The van der Waals surface area contributed by atoms with Crippen LogP contribution in [0, 0.1) is 0 Å². The van der Waals surface area contributed by atoms with Crippen LogP contribution < -0.4 is 14.9 Å². The Hall–Kier alpha value is -3.11. The van der Waals surface area contributed by atoms with Crippen LogP contribution in [0.1, 0.15) is 27.0 Å². The first-order valence-corrected chi connectivity index (χ1v) is 13.7. The molecule has 10 heteroatoms. The molecule has 4 rings (SSSR count). The van der Waals surface area contributed by atoms with Gasteiger partial charge in [0.05, 0.1) is 12.0 Å². The zero-order chi connectivity index (χ0) is 27.2. The third-order valence-electron chi connectivity index (χ3n) is 5.45. The summed E-state index contributed by atoms with van der Waals surface area (Å²) in [5.41, 5.74) is 5.50. The molecule has 0 atom stereocenters. The van der Waals surface area contributed by atoms with E-state index >= 15 is 0 Å². The van der Waals surface area contributed by atoms with Gasteiger partial charge in [-0.1, -0.05) is 57.5 Å². The summed E-state index contributed by atoms with van der Waals surface area (Å²) < 4.78 is 13.0. The number of nitrogens with one attached hydrogen (secondary N) is 1. The molecule has 1 heterocycles. The zero-order valence-corrected chi connectivity index (χ0v) is 24.2. The predicted molar refractivity (Wildman–Crippen MR) is 159 cm³/mol. The highest BCUT2D eigenvalue weighted by atomic mass is 79.9.